The Bertz CT molecular complexity index is 450. The summed E-state index contributed by atoms with van der Waals surface area (Å²) in [6, 6.07) is 8.38. The number of carbonyl (C=O) groups excluding carboxylic acids is 1. The molecular formula is C15H21BrN2O2. The van der Waals surface area contributed by atoms with Crippen LogP contribution in [0.1, 0.15) is 31.2 Å². The first-order valence-corrected chi connectivity index (χ1v) is 7.80. The molecule has 1 saturated carbocycles. The molecule has 1 aromatic rings. The maximum Gasteiger partial charge on any atom is 0.315 e. The lowest BCUT2D eigenvalue weighted by atomic mass is 10.1. The molecule has 0 aromatic heterocycles. The molecule has 2 amide bonds. The minimum atomic E-state index is -0.112. The largest absolute Gasteiger partial charge is 0.396 e. The fourth-order valence-corrected chi connectivity index (χ4v) is 2.51. The van der Waals surface area contributed by atoms with E-state index < -0.39 is 0 Å². The number of aliphatic hydroxyl groups excluding tert-OH is 1. The van der Waals surface area contributed by atoms with Crippen LogP contribution in [0, 0.1) is 5.92 Å². The normalized spacial score (nSPS) is 22.1. The summed E-state index contributed by atoms with van der Waals surface area (Å²) in [6.45, 7) is 2.78. The molecule has 0 spiro atoms. The van der Waals surface area contributed by atoms with Crippen LogP contribution in [0.4, 0.5) is 4.79 Å². The number of rotatable bonds is 6. The van der Waals surface area contributed by atoms with Crippen LogP contribution in [0.25, 0.3) is 0 Å². The molecule has 1 aliphatic carbocycles. The minimum Gasteiger partial charge on any atom is -0.396 e. The van der Waals surface area contributed by atoms with E-state index in [4.69, 9.17) is 5.11 Å². The van der Waals surface area contributed by atoms with Crippen molar-refractivity contribution in [2.75, 3.05) is 13.2 Å². The lowest BCUT2D eigenvalue weighted by Gasteiger charge is -2.12. The third-order valence-corrected chi connectivity index (χ3v) is 4.17. The molecule has 1 fully saturated rings. The fraction of sp³-hybridized carbons (Fsp3) is 0.533. The predicted octanol–water partition coefficient (Wildman–Crippen LogP) is 2.62. The number of halogens is 1. The van der Waals surface area contributed by atoms with Crippen molar-refractivity contribution in [2.24, 2.45) is 5.92 Å². The molecule has 110 valence electrons. The van der Waals surface area contributed by atoms with E-state index in [0.717, 1.165) is 10.9 Å². The van der Waals surface area contributed by atoms with Crippen LogP contribution in [-0.4, -0.2) is 30.3 Å². The predicted molar refractivity (Wildman–Crippen MR) is 82.7 cm³/mol. The first-order valence-electron chi connectivity index (χ1n) is 7.01. The molecule has 0 bridgehead atoms. The molecule has 0 saturated heterocycles. The highest BCUT2D eigenvalue weighted by Gasteiger charge is 2.39. The third-order valence-electron chi connectivity index (χ3n) is 3.64. The van der Waals surface area contributed by atoms with Crippen LogP contribution >= 0.6 is 15.9 Å². The van der Waals surface area contributed by atoms with Crippen molar-refractivity contribution in [1.29, 1.82) is 0 Å². The zero-order chi connectivity index (χ0) is 14.5. The van der Waals surface area contributed by atoms with Gasteiger partial charge in [0.2, 0.25) is 0 Å². The van der Waals surface area contributed by atoms with E-state index in [1.54, 1.807) is 0 Å². The van der Waals surface area contributed by atoms with Crippen molar-refractivity contribution in [1.82, 2.24) is 10.6 Å². The molecule has 4 nitrogen and oxygen atoms in total. The van der Waals surface area contributed by atoms with Gasteiger partial charge < -0.3 is 15.7 Å². The van der Waals surface area contributed by atoms with E-state index in [-0.39, 0.29) is 18.7 Å². The van der Waals surface area contributed by atoms with E-state index in [1.165, 1.54) is 5.56 Å². The maximum absolute atomic E-state index is 11.7. The van der Waals surface area contributed by atoms with E-state index >= 15 is 0 Å². The van der Waals surface area contributed by atoms with Crippen molar-refractivity contribution in [3.63, 3.8) is 0 Å². The Morgan fingerprint density at radius 1 is 1.45 bits per heavy atom. The number of hydrogen-bond acceptors (Lipinski definition) is 2. The average Bonchev–Trinajstić information content (AvgIpc) is 3.17. The van der Waals surface area contributed by atoms with Crippen LogP contribution in [0.3, 0.4) is 0 Å². The fourth-order valence-electron chi connectivity index (χ4n) is 2.24. The highest BCUT2D eigenvalue weighted by atomic mass is 79.9. The van der Waals surface area contributed by atoms with Gasteiger partial charge in [-0.3, -0.25) is 0 Å². The molecule has 1 aliphatic rings. The second-order valence-electron chi connectivity index (χ2n) is 5.47. The van der Waals surface area contributed by atoms with Gasteiger partial charge in [0.25, 0.3) is 0 Å². The molecular weight excluding hydrogens is 320 g/mol. The van der Waals surface area contributed by atoms with Crippen LogP contribution < -0.4 is 10.6 Å². The number of benzene rings is 1. The number of nitrogens with one attached hydrogen (secondary N) is 2. The van der Waals surface area contributed by atoms with Gasteiger partial charge >= 0.3 is 6.03 Å². The van der Waals surface area contributed by atoms with Gasteiger partial charge in [0.1, 0.15) is 0 Å². The SMILES string of the molecule is CC(CCO)CNC(=O)NC1CC1c1ccc(Br)cc1. The number of urea groups is 1. The topological polar surface area (TPSA) is 61.4 Å². The van der Waals surface area contributed by atoms with Gasteiger partial charge in [0.05, 0.1) is 0 Å². The van der Waals surface area contributed by atoms with E-state index in [1.807, 2.05) is 19.1 Å². The van der Waals surface area contributed by atoms with Gasteiger partial charge in [-0.15, -0.1) is 0 Å². The summed E-state index contributed by atoms with van der Waals surface area (Å²) in [7, 11) is 0. The first kappa shape index (κ1) is 15.3. The van der Waals surface area contributed by atoms with E-state index in [0.29, 0.717) is 24.8 Å². The number of carbonyl (C=O) groups is 1. The van der Waals surface area contributed by atoms with E-state index in [2.05, 4.69) is 38.7 Å². The average molecular weight is 341 g/mol. The summed E-state index contributed by atoms with van der Waals surface area (Å²) in [5.74, 6) is 0.732. The maximum atomic E-state index is 11.7. The van der Waals surface area contributed by atoms with Crippen molar-refractivity contribution in [3.05, 3.63) is 34.3 Å². The van der Waals surface area contributed by atoms with Crippen molar-refractivity contribution in [3.8, 4) is 0 Å². The van der Waals surface area contributed by atoms with E-state index in [9.17, 15) is 4.79 Å². The summed E-state index contributed by atoms with van der Waals surface area (Å²) < 4.78 is 1.07. The first-order chi connectivity index (χ1) is 9.60. The Kier molecular flexibility index (Phi) is 5.43. The standard InChI is InChI=1S/C15H21BrN2O2/c1-10(6-7-19)9-17-15(20)18-14-8-13(14)11-2-4-12(16)5-3-11/h2-5,10,13-14,19H,6-9H2,1H3,(H2,17,18,20). The molecule has 20 heavy (non-hydrogen) atoms. The van der Waals surface area contributed by atoms with Gasteiger partial charge in [-0.1, -0.05) is 35.0 Å². The van der Waals surface area contributed by atoms with Gasteiger partial charge in [-0.05, 0) is 36.5 Å². The zero-order valence-corrected chi connectivity index (χ0v) is 13.2. The molecule has 2 rings (SSSR count). The Morgan fingerprint density at radius 3 is 2.80 bits per heavy atom. The number of aliphatic hydroxyl groups is 1. The Balaban J connectivity index is 1.71. The van der Waals surface area contributed by atoms with Gasteiger partial charge in [-0.25, -0.2) is 4.79 Å². The molecule has 3 atom stereocenters. The lowest BCUT2D eigenvalue weighted by molar-refractivity contribution is 0.233. The van der Waals surface area contributed by atoms with Crippen LogP contribution in [-0.2, 0) is 0 Å². The van der Waals surface area contributed by atoms with Gasteiger partial charge in [0.15, 0.2) is 0 Å². The Labute approximate surface area is 128 Å². The van der Waals surface area contributed by atoms with Crippen molar-refractivity contribution < 1.29 is 9.90 Å². The van der Waals surface area contributed by atoms with Crippen molar-refractivity contribution in [2.45, 2.75) is 31.7 Å². The summed E-state index contributed by atoms with van der Waals surface area (Å²) in [5.41, 5.74) is 1.27. The molecule has 5 heteroatoms. The highest BCUT2D eigenvalue weighted by Crippen LogP contribution is 2.40. The minimum absolute atomic E-state index is 0.112. The third kappa shape index (κ3) is 4.49. The molecule has 3 unspecified atom stereocenters. The van der Waals surface area contributed by atoms with Crippen LogP contribution in [0.15, 0.2) is 28.7 Å². The summed E-state index contributed by atoms with van der Waals surface area (Å²) in [6.07, 6.45) is 1.71. The molecule has 0 heterocycles. The second kappa shape index (κ2) is 7.09. The molecule has 1 aromatic carbocycles. The number of hydrogen-bond donors (Lipinski definition) is 3. The molecule has 0 radical (unpaired) electrons. The lowest BCUT2D eigenvalue weighted by Crippen LogP contribution is -2.39. The molecule has 3 N–H and O–H groups in total. The highest BCUT2D eigenvalue weighted by molar-refractivity contribution is 9.10. The van der Waals surface area contributed by atoms with Crippen molar-refractivity contribution >= 4 is 22.0 Å². The van der Waals surface area contributed by atoms with Crippen LogP contribution in [0.2, 0.25) is 0 Å². The Hall–Kier alpha value is -1.07. The Morgan fingerprint density at radius 2 is 2.15 bits per heavy atom. The summed E-state index contributed by atoms with van der Waals surface area (Å²) in [5, 5.41) is 14.6. The molecule has 0 aliphatic heterocycles. The monoisotopic (exact) mass is 340 g/mol. The second-order valence-corrected chi connectivity index (χ2v) is 6.39. The number of amides is 2. The summed E-state index contributed by atoms with van der Waals surface area (Å²) in [4.78, 5) is 11.7. The van der Waals surface area contributed by atoms with Gasteiger partial charge in [0, 0.05) is 29.6 Å². The van der Waals surface area contributed by atoms with Crippen LogP contribution in [0.5, 0.6) is 0 Å². The van der Waals surface area contributed by atoms with Gasteiger partial charge in [-0.2, -0.15) is 0 Å². The summed E-state index contributed by atoms with van der Waals surface area (Å²) >= 11 is 3.42. The quantitative estimate of drug-likeness (QED) is 0.745. The zero-order valence-electron chi connectivity index (χ0n) is 11.6. The smallest absolute Gasteiger partial charge is 0.315 e.